The van der Waals surface area contributed by atoms with Gasteiger partial charge in [-0.3, -0.25) is 4.90 Å². The SMILES string of the molecule is Cc1ccc(C(C)N(C)Cc2c(C)noc2C)cc1. The molecule has 3 nitrogen and oxygen atoms in total. The molecule has 3 heteroatoms. The van der Waals surface area contributed by atoms with Gasteiger partial charge in [-0.2, -0.15) is 0 Å². The molecule has 19 heavy (non-hydrogen) atoms. The fourth-order valence-corrected chi connectivity index (χ4v) is 2.21. The molecule has 102 valence electrons. The largest absolute Gasteiger partial charge is 0.361 e. The van der Waals surface area contributed by atoms with Crippen molar-refractivity contribution in [3.8, 4) is 0 Å². The molecule has 2 rings (SSSR count). The minimum Gasteiger partial charge on any atom is -0.361 e. The molecule has 0 spiro atoms. The Morgan fingerprint density at radius 2 is 1.79 bits per heavy atom. The van der Waals surface area contributed by atoms with Crippen molar-refractivity contribution in [1.29, 1.82) is 0 Å². The summed E-state index contributed by atoms with van der Waals surface area (Å²) < 4.78 is 5.22. The molecule has 1 atom stereocenters. The van der Waals surface area contributed by atoms with E-state index < -0.39 is 0 Å². The van der Waals surface area contributed by atoms with Crippen LogP contribution in [0.3, 0.4) is 0 Å². The summed E-state index contributed by atoms with van der Waals surface area (Å²) in [5.74, 6) is 0.917. The molecule has 0 aliphatic carbocycles. The van der Waals surface area contributed by atoms with Crippen molar-refractivity contribution >= 4 is 0 Å². The molecule has 0 saturated heterocycles. The van der Waals surface area contributed by atoms with Gasteiger partial charge in [0.15, 0.2) is 0 Å². The maximum Gasteiger partial charge on any atom is 0.138 e. The second kappa shape index (κ2) is 5.57. The highest BCUT2D eigenvalue weighted by molar-refractivity contribution is 5.25. The van der Waals surface area contributed by atoms with E-state index in [-0.39, 0.29) is 0 Å². The second-order valence-electron chi connectivity index (χ2n) is 5.30. The predicted octanol–water partition coefficient (Wildman–Crippen LogP) is 3.79. The van der Waals surface area contributed by atoms with E-state index in [1.54, 1.807) is 0 Å². The maximum atomic E-state index is 5.22. The quantitative estimate of drug-likeness (QED) is 0.835. The van der Waals surface area contributed by atoms with E-state index in [0.29, 0.717) is 6.04 Å². The number of rotatable bonds is 4. The summed E-state index contributed by atoms with van der Waals surface area (Å²) >= 11 is 0. The van der Waals surface area contributed by atoms with Crippen molar-refractivity contribution in [1.82, 2.24) is 10.1 Å². The van der Waals surface area contributed by atoms with Crippen molar-refractivity contribution < 1.29 is 4.52 Å². The smallest absolute Gasteiger partial charge is 0.138 e. The van der Waals surface area contributed by atoms with Crippen molar-refractivity contribution in [2.24, 2.45) is 0 Å². The van der Waals surface area contributed by atoms with Crippen LogP contribution in [0.1, 0.15) is 41.1 Å². The zero-order valence-electron chi connectivity index (χ0n) is 12.4. The van der Waals surface area contributed by atoms with Crippen LogP contribution in [0.4, 0.5) is 0 Å². The van der Waals surface area contributed by atoms with Crippen LogP contribution < -0.4 is 0 Å². The average Bonchev–Trinajstić information content (AvgIpc) is 2.70. The summed E-state index contributed by atoms with van der Waals surface area (Å²) in [6.07, 6.45) is 0. The second-order valence-corrected chi connectivity index (χ2v) is 5.30. The fraction of sp³-hybridized carbons (Fsp3) is 0.438. The summed E-state index contributed by atoms with van der Waals surface area (Å²) in [6.45, 7) is 9.16. The van der Waals surface area contributed by atoms with E-state index in [1.165, 1.54) is 16.7 Å². The van der Waals surface area contributed by atoms with Gasteiger partial charge >= 0.3 is 0 Å². The Hall–Kier alpha value is -1.61. The van der Waals surface area contributed by atoms with E-state index in [0.717, 1.165) is 18.0 Å². The highest BCUT2D eigenvalue weighted by Crippen LogP contribution is 2.23. The van der Waals surface area contributed by atoms with Gasteiger partial charge < -0.3 is 4.52 Å². The van der Waals surface area contributed by atoms with Gasteiger partial charge in [0.05, 0.1) is 5.69 Å². The third-order valence-corrected chi connectivity index (χ3v) is 3.81. The highest BCUT2D eigenvalue weighted by atomic mass is 16.5. The Morgan fingerprint density at radius 1 is 1.16 bits per heavy atom. The van der Waals surface area contributed by atoms with E-state index >= 15 is 0 Å². The minimum absolute atomic E-state index is 0.370. The lowest BCUT2D eigenvalue weighted by Gasteiger charge is -2.25. The van der Waals surface area contributed by atoms with Crippen molar-refractivity contribution in [2.45, 2.75) is 40.3 Å². The molecule has 1 heterocycles. The summed E-state index contributed by atoms with van der Waals surface area (Å²) in [5, 5.41) is 4.01. The Bertz CT molecular complexity index is 523. The van der Waals surface area contributed by atoms with Crippen molar-refractivity contribution in [2.75, 3.05) is 7.05 Å². The van der Waals surface area contributed by atoms with E-state index in [2.05, 4.69) is 55.2 Å². The number of benzene rings is 1. The van der Waals surface area contributed by atoms with Crippen LogP contribution in [-0.4, -0.2) is 17.1 Å². The van der Waals surface area contributed by atoms with Gasteiger partial charge in [0.25, 0.3) is 0 Å². The summed E-state index contributed by atoms with van der Waals surface area (Å²) in [6, 6.07) is 9.09. The first kappa shape index (κ1) is 13.8. The van der Waals surface area contributed by atoms with Crippen molar-refractivity contribution in [3.05, 3.63) is 52.4 Å². The molecule has 0 bridgehead atoms. The number of nitrogens with zero attached hydrogens (tertiary/aromatic N) is 2. The molecule has 1 aromatic heterocycles. The van der Waals surface area contributed by atoms with Gasteiger partial charge in [0.2, 0.25) is 0 Å². The van der Waals surface area contributed by atoms with E-state index in [4.69, 9.17) is 4.52 Å². The minimum atomic E-state index is 0.370. The summed E-state index contributed by atoms with van der Waals surface area (Å²) in [5.41, 5.74) is 4.81. The zero-order valence-corrected chi connectivity index (χ0v) is 12.4. The molecule has 0 radical (unpaired) electrons. The fourth-order valence-electron chi connectivity index (χ4n) is 2.21. The topological polar surface area (TPSA) is 29.3 Å². The van der Waals surface area contributed by atoms with E-state index in [1.807, 2.05) is 13.8 Å². The predicted molar refractivity (Wildman–Crippen MR) is 77.0 cm³/mol. The van der Waals surface area contributed by atoms with Gasteiger partial charge in [-0.25, -0.2) is 0 Å². The summed E-state index contributed by atoms with van der Waals surface area (Å²) in [7, 11) is 2.14. The highest BCUT2D eigenvalue weighted by Gasteiger charge is 2.16. The first-order valence-electron chi connectivity index (χ1n) is 6.67. The number of aryl methyl sites for hydroxylation is 3. The molecular formula is C16H22N2O. The monoisotopic (exact) mass is 258 g/mol. The standard InChI is InChI=1S/C16H22N2O/c1-11-6-8-15(9-7-11)13(3)18(5)10-16-12(2)17-19-14(16)4/h6-9,13H,10H2,1-5H3. The molecule has 1 unspecified atom stereocenters. The normalized spacial score (nSPS) is 12.9. The van der Waals surface area contributed by atoms with Crippen LogP contribution in [-0.2, 0) is 6.54 Å². The molecule has 0 amide bonds. The molecule has 0 fully saturated rings. The van der Waals surface area contributed by atoms with Crippen LogP contribution in [0.25, 0.3) is 0 Å². The Kier molecular flexibility index (Phi) is 4.05. The Balaban J connectivity index is 2.11. The molecule has 0 aliphatic heterocycles. The Morgan fingerprint density at radius 3 is 2.32 bits per heavy atom. The maximum absolute atomic E-state index is 5.22. The average molecular weight is 258 g/mol. The lowest BCUT2D eigenvalue weighted by Crippen LogP contribution is -2.22. The number of hydrogen-bond donors (Lipinski definition) is 0. The first-order chi connectivity index (χ1) is 8.99. The van der Waals surface area contributed by atoms with Crippen LogP contribution >= 0.6 is 0 Å². The van der Waals surface area contributed by atoms with Crippen LogP contribution in [0, 0.1) is 20.8 Å². The van der Waals surface area contributed by atoms with Crippen molar-refractivity contribution in [3.63, 3.8) is 0 Å². The van der Waals surface area contributed by atoms with Gasteiger partial charge in [0, 0.05) is 18.2 Å². The molecule has 1 aromatic carbocycles. The molecule has 2 aromatic rings. The van der Waals surface area contributed by atoms with Crippen LogP contribution in [0.2, 0.25) is 0 Å². The van der Waals surface area contributed by atoms with Crippen LogP contribution in [0.15, 0.2) is 28.8 Å². The summed E-state index contributed by atoms with van der Waals surface area (Å²) in [4.78, 5) is 2.32. The third kappa shape index (κ3) is 3.04. The van der Waals surface area contributed by atoms with E-state index in [9.17, 15) is 0 Å². The molecular weight excluding hydrogens is 236 g/mol. The molecule has 0 N–H and O–H groups in total. The lowest BCUT2D eigenvalue weighted by atomic mass is 10.0. The molecule has 0 aliphatic rings. The van der Waals surface area contributed by atoms with Gasteiger partial charge in [-0.05, 0) is 40.3 Å². The number of aromatic nitrogens is 1. The van der Waals surface area contributed by atoms with Gasteiger partial charge in [0.1, 0.15) is 5.76 Å². The lowest BCUT2D eigenvalue weighted by molar-refractivity contribution is 0.251. The number of hydrogen-bond acceptors (Lipinski definition) is 3. The Labute approximate surface area is 115 Å². The zero-order chi connectivity index (χ0) is 14.0. The van der Waals surface area contributed by atoms with Gasteiger partial charge in [-0.1, -0.05) is 35.0 Å². The van der Waals surface area contributed by atoms with Crippen LogP contribution in [0.5, 0.6) is 0 Å². The third-order valence-electron chi connectivity index (χ3n) is 3.81. The van der Waals surface area contributed by atoms with Gasteiger partial charge in [-0.15, -0.1) is 0 Å². The molecule has 0 saturated carbocycles. The first-order valence-corrected chi connectivity index (χ1v) is 6.67.